The number of para-hydroxylation sites is 1. The zero-order chi connectivity index (χ0) is 26.9. The highest BCUT2D eigenvalue weighted by Gasteiger charge is 2.32. The van der Waals surface area contributed by atoms with Crippen LogP contribution in [0.3, 0.4) is 0 Å². The smallest absolute Gasteiger partial charge is 0.192 e. The SMILES string of the molecule is N#Cc1ccc(-c2c(-c3ccc(C4=[N+](c5ccccc5)C(c5ccccc5)=N4)cc3)ccc3ccccc23)cc1. The van der Waals surface area contributed by atoms with Crippen molar-refractivity contribution in [1.82, 2.24) is 0 Å². The molecule has 0 fully saturated rings. The van der Waals surface area contributed by atoms with Crippen molar-refractivity contribution in [2.45, 2.75) is 0 Å². The lowest BCUT2D eigenvalue weighted by Gasteiger charge is -2.19. The summed E-state index contributed by atoms with van der Waals surface area (Å²) >= 11 is 0. The molecule has 3 nitrogen and oxygen atoms in total. The maximum Gasteiger partial charge on any atom is 0.279 e. The normalized spacial score (nSPS) is 12.5. The van der Waals surface area contributed by atoms with E-state index in [1.807, 2.05) is 48.5 Å². The lowest BCUT2D eigenvalue weighted by atomic mass is 9.89. The van der Waals surface area contributed by atoms with E-state index in [9.17, 15) is 5.26 Å². The Hall–Kier alpha value is -5.59. The molecule has 186 valence electrons. The second-order valence-corrected chi connectivity index (χ2v) is 9.77. The zero-order valence-electron chi connectivity index (χ0n) is 21.7. The largest absolute Gasteiger partial charge is 0.279 e. The van der Waals surface area contributed by atoms with Crippen molar-refractivity contribution >= 4 is 28.1 Å². The van der Waals surface area contributed by atoms with Gasteiger partial charge in [-0.05, 0) is 81.6 Å². The average molecular weight is 511 g/mol. The van der Waals surface area contributed by atoms with Gasteiger partial charge in [-0.3, -0.25) is 0 Å². The Morgan fingerprint density at radius 1 is 0.525 bits per heavy atom. The number of amidine groups is 2. The van der Waals surface area contributed by atoms with E-state index in [0.717, 1.165) is 45.2 Å². The van der Waals surface area contributed by atoms with Crippen molar-refractivity contribution in [2.75, 3.05) is 0 Å². The molecule has 7 rings (SSSR count). The first-order valence-electron chi connectivity index (χ1n) is 13.3. The summed E-state index contributed by atoms with van der Waals surface area (Å²) in [7, 11) is 0. The Morgan fingerprint density at radius 2 is 1.15 bits per heavy atom. The Bertz CT molecular complexity index is 1960. The van der Waals surface area contributed by atoms with Gasteiger partial charge in [0.25, 0.3) is 11.7 Å². The van der Waals surface area contributed by atoms with Gasteiger partial charge in [0, 0.05) is 0 Å². The molecule has 0 aliphatic carbocycles. The molecule has 0 saturated carbocycles. The number of nitriles is 1. The van der Waals surface area contributed by atoms with Crippen LogP contribution in [0.2, 0.25) is 0 Å². The van der Waals surface area contributed by atoms with Gasteiger partial charge < -0.3 is 0 Å². The molecule has 0 amide bonds. The summed E-state index contributed by atoms with van der Waals surface area (Å²) in [5.74, 6) is 1.88. The van der Waals surface area contributed by atoms with Crippen LogP contribution >= 0.6 is 0 Å². The van der Waals surface area contributed by atoms with Crippen LogP contribution in [0.15, 0.2) is 151 Å². The van der Waals surface area contributed by atoms with Crippen LogP contribution in [0.5, 0.6) is 0 Å². The van der Waals surface area contributed by atoms with Crippen molar-refractivity contribution in [3.8, 4) is 28.3 Å². The van der Waals surface area contributed by atoms with Gasteiger partial charge in [-0.2, -0.15) is 9.84 Å². The summed E-state index contributed by atoms with van der Waals surface area (Å²) < 4.78 is 2.22. The highest BCUT2D eigenvalue weighted by Crippen LogP contribution is 2.38. The summed E-state index contributed by atoms with van der Waals surface area (Å²) in [6, 6.07) is 52.3. The maximum absolute atomic E-state index is 9.31. The number of benzene rings is 6. The van der Waals surface area contributed by atoms with Crippen molar-refractivity contribution in [1.29, 1.82) is 5.26 Å². The molecule has 40 heavy (non-hydrogen) atoms. The summed E-state index contributed by atoms with van der Waals surface area (Å²) in [5, 5.41) is 11.7. The molecule has 0 atom stereocenters. The molecule has 0 saturated heterocycles. The Balaban J connectivity index is 1.32. The second-order valence-electron chi connectivity index (χ2n) is 9.77. The van der Waals surface area contributed by atoms with E-state index in [0.29, 0.717) is 5.56 Å². The first-order chi connectivity index (χ1) is 19.8. The minimum absolute atomic E-state index is 0.658. The van der Waals surface area contributed by atoms with Crippen LogP contribution in [0, 0.1) is 11.3 Å². The molecule has 1 aliphatic heterocycles. The van der Waals surface area contributed by atoms with Gasteiger partial charge in [-0.15, -0.1) is 0 Å². The molecule has 6 aromatic carbocycles. The zero-order valence-corrected chi connectivity index (χ0v) is 21.7. The van der Waals surface area contributed by atoms with E-state index in [2.05, 4.69) is 108 Å². The number of rotatable bonds is 5. The fraction of sp³-hybridized carbons (Fsp3) is 0. The van der Waals surface area contributed by atoms with E-state index in [4.69, 9.17) is 4.99 Å². The molecular weight excluding hydrogens is 486 g/mol. The summed E-state index contributed by atoms with van der Waals surface area (Å²) in [5.41, 5.74) is 8.45. The quantitative estimate of drug-likeness (QED) is 0.214. The van der Waals surface area contributed by atoms with E-state index in [-0.39, 0.29) is 0 Å². The fourth-order valence-electron chi connectivity index (χ4n) is 5.39. The Kier molecular flexibility index (Phi) is 5.85. The van der Waals surface area contributed by atoms with E-state index in [1.165, 1.54) is 16.3 Å². The minimum Gasteiger partial charge on any atom is -0.192 e. The third kappa shape index (κ3) is 4.09. The highest BCUT2D eigenvalue weighted by atomic mass is 15.2. The van der Waals surface area contributed by atoms with Crippen LogP contribution in [0.1, 0.15) is 16.7 Å². The fourth-order valence-corrected chi connectivity index (χ4v) is 5.39. The van der Waals surface area contributed by atoms with Crippen molar-refractivity contribution in [3.05, 3.63) is 162 Å². The van der Waals surface area contributed by atoms with Crippen molar-refractivity contribution in [3.63, 3.8) is 0 Å². The van der Waals surface area contributed by atoms with Gasteiger partial charge in [0.15, 0.2) is 0 Å². The van der Waals surface area contributed by atoms with Crippen LogP contribution in [-0.2, 0) is 0 Å². The van der Waals surface area contributed by atoms with Gasteiger partial charge in [0.1, 0.15) is 5.69 Å². The third-order valence-corrected chi connectivity index (χ3v) is 7.37. The molecule has 0 aromatic heterocycles. The molecule has 0 spiro atoms. The van der Waals surface area contributed by atoms with Crippen molar-refractivity contribution < 1.29 is 4.58 Å². The average Bonchev–Trinajstić information content (AvgIpc) is 3.01. The maximum atomic E-state index is 9.31. The lowest BCUT2D eigenvalue weighted by Crippen LogP contribution is -2.34. The monoisotopic (exact) mass is 510 g/mol. The summed E-state index contributed by atoms with van der Waals surface area (Å²) in [6.45, 7) is 0. The molecule has 0 N–H and O–H groups in total. The molecule has 1 aliphatic rings. The van der Waals surface area contributed by atoms with Crippen LogP contribution < -0.4 is 0 Å². The standard InChI is InChI=1S/C37H24N3/c38-25-26-15-17-29(18-16-26)35-33-14-8-7-9-27(33)23-24-34(35)28-19-21-31(22-20-28)37-39-36(30-10-3-1-4-11-30)40(37)32-12-5-2-6-13-32/h1-24H/q+1. The first-order valence-corrected chi connectivity index (χ1v) is 13.3. The molecule has 6 aromatic rings. The van der Waals surface area contributed by atoms with Gasteiger partial charge in [-0.25, -0.2) is 0 Å². The van der Waals surface area contributed by atoms with Gasteiger partial charge in [0.05, 0.1) is 22.8 Å². The van der Waals surface area contributed by atoms with E-state index < -0.39 is 0 Å². The van der Waals surface area contributed by atoms with Crippen molar-refractivity contribution in [2.24, 2.45) is 4.99 Å². The van der Waals surface area contributed by atoms with Gasteiger partial charge in [-0.1, -0.05) is 102 Å². The Labute approximate surface area is 233 Å². The third-order valence-electron chi connectivity index (χ3n) is 7.37. The predicted molar refractivity (Wildman–Crippen MR) is 163 cm³/mol. The first kappa shape index (κ1) is 23.5. The number of hydrogen-bond acceptors (Lipinski definition) is 2. The number of fused-ring (bicyclic) bond motifs is 1. The van der Waals surface area contributed by atoms with Crippen LogP contribution in [0.25, 0.3) is 33.0 Å². The highest BCUT2D eigenvalue weighted by molar-refractivity contribution is 6.16. The minimum atomic E-state index is 0.658. The van der Waals surface area contributed by atoms with Gasteiger partial charge >= 0.3 is 0 Å². The molecule has 3 heteroatoms. The number of nitrogens with zero attached hydrogens (tertiary/aromatic N) is 3. The predicted octanol–water partition coefficient (Wildman–Crippen LogP) is 8.60. The summed E-state index contributed by atoms with van der Waals surface area (Å²) in [4.78, 5) is 4.98. The van der Waals surface area contributed by atoms with Gasteiger partial charge in [0.2, 0.25) is 0 Å². The topological polar surface area (TPSA) is 39.2 Å². The molecular formula is C37H24N3+. The van der Waals surface area contributed by atoms with Crippen LogP contribution in [0.4, 0.5) is 5.69 Å². The Morgan fingerprint density at radius 3 is 1.88 bits per heavy atom. The molecule has 0 unspecified atom stereocenters. The lowest BCUT2D eigenvalue weighted by molar-refractivity contribution is -0.319. The number of aliphatic imine (C=N–C) groups is 1. The number of hydrogen-bond donors (Lipinski definition) is 0. The van der Waals surface area contributed by atoms with E-state index >= 15 is 0 Å². The molecule has 0 radical (unpaired) electrons. The summed E-state index contributed by atoms with van der Waals surface area (Å²) in [6.07, 6.45) is 0. The van der Waals surface area contributed by atoms with E-state index in [1.54, 1.807) is 0 Å². The second kappa shape index (κ2) is 9.94. The molecule has 0 bridgehead atoms. The molecule has 1 heterocycles. The van der Waals surface area contributed by atoms with Crippen LogP contribution in [-0.4, -0.2) is 16.2 Å².